The number of carbonyl (C=O) groups is 1. The van der Waals surface area contributed by atoms with Gasteiger partial charge in [0.1, 0.15) is 11.6 Å². The number of benzene rings is 2. The Labute approximate surface area is 103 Å². The molecule has 0 fully saturated rings. The Bertz CT molecular complexity index is 594. The number of hydrogen-bond donors (Lipinski definition) is 1. The molecule has 0 amide bonds. The van der Waals surface area contributed by atoms with Crippen molar-refractivity contribution in [1.82, 2.24) is 0 Å². The fraction of sp³-hybridized carbons (Fsp3) is 0.0714. The van der Waals surface area contributed by atoms with Crippen LogP contribution in [0.4, 0.5) is 8.78 Å². The van der Waals surface area contributed by atoms with E-state index in [0.717, 1.165) is 6.07 Å². The first-order valence-electron chi connectivity index (χ1n) is 5.32. The molecule has 2 aromatic carbocycles. The Balaban J connectivity index is 2.27. The number of carboxylic acids is 1. The molecule has 0 unspecified atom stereocenters. The van der Waals surface area contributed by atoms with Crippen LogP contribution in [-0.4, -0.2) is 11.1 Å². The molecule has 18 heavy (non-hydrogen) atoms. The van der Waals surface area contributed by atoms with E-state index in [1.165, 1.54) is 24.3 Å². The van der Waals surface area contributed by atoms with Crippen LogP contribution in [0, 0.1) is 11.6 Å². The lowest BCUT2D eigenvalue weighted by Crippen LogP contribution is -2.00. The number of rotatable bonds is 3. The van der Waals surface area contributed by atoms with Crippen LogP contribution in [-0.2, 0) is 6.42 Å². The third kappa shape index (κ3) is 2.71. The van der Waals surface area contributed by atoms with Gasteiger partial charge in [0, 0.05) is 6.42 Å². The van der Waals surface area contributed by atoms with E-state index in [9.17, 15) is 13.6 Å². The Morgan fingerprint density at radius 3 is 2.50 bits per heavy atom. The highest BCUT2D eigenvalue weighted by molar-refractivity contribution is 5.87. The molecule has 0 bridgehead atoms. The van der Waals surface area contributed by atoms with Crippen molar-refractivity contribution in [3.8, 4) is 0 Å². The summed E-state index contributed by atoms with van der Waals surface area (Å²) in [5, 5.41) is 8.71. The van der Waals surface area contributed by atoms with Crippen molar-refractivity contribution in [3.63, 3.8) is 0 Å². The Morgan fingerprint density at radius 2 is 1.89 bits per heavy atom. The second-order valence-electron chi connectivity index (χ2n) is 3.92. The molecule has 92 valence electrons. The van der Waals surface area contributed by atoms with Gasteiger partial charge < -0.3 is 5.11 Å². The van der Waals surface area contributed by atoms with E-state index in [0.29, 0.717) is 11.1 Å². The number of halogens is 2. The normalized spacial score (nSPS) is 10.3. The summed E-state index contributed by atoms with van der Waals surface area (Å²) in [5.41, 5.74) is 0.873. The van der Waals surface area contributed by atoms with Crippen LogP contribution in [0.15, 0.2) is 42.5 Å². The second-order valence-corrected chi connectivity index (χ2v) is 3.92. The van der Waals surface area contributed by atoms with Gasteiger partial charge in [0.25, 0.3) is 0 Å². The van der Waals surface area contributed by atoms with Crippen molar-refractivity contribution in [2.75, 3.05) is 0 Å². The van der Waals surface area contributed by atoms with Crippen LogP contribution < -0.4 is 0 Å². The molecular weight excluding hydrogens is 238 g/mol. The van der Waals surface area contributed by atoms with E-state index in [4.69, 9.17) is 5.11 Å². The van der Waals surface area contributed by atoms with Gasteiger partial charge in [-0.2, -0.15) is 0 Å². The average molecular weight is 248 g/mol. The summed E-state index contributed by atoms with van der Waals surface area (Å²) >= 11 is 0. The predicted molar refractivity (Wildman–Crippen MR) is 62.6 cm³/mol. The molecule has 0 radical (unpaired) electrons. The largest absolute Gasteiger partial charge is 0.478 e. The molecule has 0 spiro atoms. The van der Waals surface area contributed by atoms with Crippen LogP contribution in [0.25, 0.3) is 0 Å². The molecule has 0 atom stereocenters. The number of carboxylic acid groups (broad SMARTS) is 1. The van der Waals surface area contributed by atoms with Gasteiger partial charge >= 0.3 is 5.97 Å². The highest BCUT2D eigenvalue weighted by atomic mass is 19.1. The maximum absolute atomic E-state index is 13.6. The highest BCUT2D eigenvalue weighted by Gasteiger charge is 2.09. The molecule has 0 aliphatic heterocycles. The Hall–Kier alpha value is -2.23. The summed E-state index contributed by atoms with van der Waals surface area (Å²) in [7, 11) is 0. The first-order valence-corrected chi connectivity index (χ1v) is 5.32. The number of aromatic carboxylic acids is 1. The van der Waals surface area contributed by atoms with Gasteiger partial charge in [-0.3, -0.25) is 0 Å². The average Bonchev–Trinajstić information content (AvgIpc) is 2.31. The van der Waals surface area contributed by atoms with E-state index in [2.05, 4.69) is 0 Å². The molecule has 2 aromatic rings. The lowest BCUT2D eigenvalue weighted by atomic mass is 10.0. The minimum atomic E-state index is -1.17. The fourth-order valence-electron chi connectivity index (χ4n) is 1.69. The topological polar surface area (TPSA) is 37.3 Å². The lowest BCUT2D eigenvalue weighted by molar-refractivity contribution is 0.0696. The van der Waals surface area contributed by atoms with Crippen LogP contribution in [0.1, 0.15) is 21.5 Å². The smallest absolute Gasteiger partial charge is 0.335 e. The Morgan fingerprint density at radius 1 is 1.11 bits per heavy atom. The fourth-order valence-corrected chi connectivity index (χ4v) is 1.69. The summed E-state index contributed by atoms with van der Waals surface area (Å²) in [6.07, 6.45) is 0.226. The molecule has 0 saturated carbocycles. The van der Waals surface area contributed by atoms with Crippen molar-refractivity contribution >= 4 is 5.97 Å². The Kier molecular flexibility index (Phi) is 3.37. The first kappa shape index (κ1) is 12.2. The molecule has 2 nitrogen and oxygen atoms in total. The summed E-state index contributed by atoms with van der Waals surface area (Å²) < 4.78 is 26.6. The van der Waals surface area contributed by atoms with Crippen LogP contribution in [0.2, 0.25) is 0 Å². The zero-order valence-electron chi connectivity index (χ0n) is 9.36. The van der Waals surface area contributed by atoms with Gasteiger partial charge in [0.05, 0.1) is 5.56 Å². The van der Waals surface area contributed by atoms with Crippen molar-refractivity contribution in [3.05, 3.63) is 70.8 Å². The van der Waals surface area contributed by atoms with Crippen molar-refractivity contribution < 1.29 is 18.7 Å². The van der Waals surface area contributed by atoms with Crippen LogP contribution >= 0.6 is 0 Å². The molecule has 2 rings (SSSR count). The minimum Gasteiger partial charge on any atom is -0.478 e. The summed E-state index contributed by atoms with van der Waals surface area (Å²) in [6.45, 7) is 0. The highest BCUT2D eigenvalue weighted by Crippen LogP contribution is 2.16. The zero-order chi connectivity index (χ0) is 13.1. The van der Waals surface area contributed by atoms with Crippen molar-refractivity contribution in [2.45, 2.75) is 6.42 Å². The minimum absolute atomic E-state index is 0.101. The van der Waals surface area contributed by atoms with E-state index in [1.807, 2.05) is 0 Å². The van der Waals surface area contributed by atoms with Crippen molar-refractivity contribution in [1.29, 1.82) is 0 Å². The second kappa shape index (κ2) is 4.96. The van der Waals surface area contributed by atoms with E-state index >= 15 is 0 Å². The summed E-state index contributed by atoms with van der Waals surface area (Å²) in [6, 6.07) is 9.58. The van der Waals surface area contributed by atoms with Crippen LogP contribution in [0.5, 0.6) is 0 Å². The quantitative estimate of drug-likeness (QED) is 0.905. The van der Waals surface area contributed by atoms with E-state index in [1.54, 1.807) is 12.1 Å². The van der Waals surface area contributed by atoms with Gasteiger partial charge in [-0.05, 0) is 35.4 Å². The van der Waals surface area contributed by atoms with Gasteiger partial charge in [-0.25, -0.2) is 13.6 Å². The van der Waals surface area contributed by atoms with Crippen LogP contribution in [0.3, 0.4) is 0 Å². The standard InChI is InChI=1S/C14H10F2O2/c15-12-3-1-2-9(7-12)6-10-4-5-11(14(17)18)8-13(10)16/h1-5,7-8H,6H2,(H,17,18). The summed E-state index contributed by atoms with van der Waals surface area (Å²) in [5.74, 6) is -2.15. The molecular formula is C14H10F2O2. The van der Waals surface area contributed by atoms with Gasteiger partial charge in [-0.1, -0.05) is 18.2 Å². The molecule has 1 N–H and O–H groups in total. The monoisotopic (exact) mass is 248 g/mol. The molecule has 0 aliphatic carbocycles. The molecule has 0 heterocycles. The third-order valence-electron chi connectivity index (χ3n) is 2.58. The van der Waals surface area contributed by atoms with E-state index < -0.39 is 11.8 Å². The van der Waals surface area contributed by atoms with Gasteiger partial charge in [-0.15, -0.1) is 0 Å². The summed E-state index contributed by atoms with van der Waals surface area (Å²) in [4.78, 5) is 10.7. The number of hydrogen-bond acceptors (Lipinski definition) is 1. The van der Waals surface area contributed by atoms with Crippen molar-refractivity contribution in [2.24, 2.45) is 0 Å². The van der Waals surface area contributed by atoms with Gasteiger partial charge in [0.15, 0.2) is 0 Å². The first-order chi connectivity index (χ1) is 8.56. The predicted octanol–water partition coefficient (Wildman–Crippen LogP) is 3.25. The van der Waals surface area contributed by atoms with Gasteiger partial charge in [0.2, 0.25) is 0 Å². The zero-order valence-corrected chi connectivity index (χ0v) is 9.36. The molecule has 0 aliphatic rings. The maximum atomic E-state index is 13.6. The lowest BCUT2D eigenvalue weighted by Gasteiger charge is -2.05. The third-order valence-corrected chi connectivity index (χ3v) is 2.58. The molecule has 4 heteroatoms. The molecule has 0 saturated heterocycles. The SMILES string of the molecule is O=C(O)c1ccc(Cc2cccc(F)c2)c(F)c1. The van der Waals surface area contributed by atoms with E-state index in [-0.39, 0.29) is 17.8 Å². The molecule has 0 aromatic heterocycles. The maximum Gasteiger partial charge on any atom is 0.335 e.